The number of amides is 3. The van der Waals surface area contributed by atoms with Crippen molar-refractivity contribution in [3.05, 3.63) is 84.4 Å². The van der Waals surface area contributed by atoms with Crippen molar-refractivity contribution < 1.29 is 14.3 Å². The SMILES string of the molecule is CC1(C)C(=O)N(c2ccccc2P)C(=O)N1Cc1ccccc1Oc1ccccc1. The molecule has 3 aromatic rings. The Bertz CT molecular complexity index is 1100. The van der Waals surface area contributed by atoms with Gasteiger partial charge >= 0.3 is 6.03 Å². The fourth-order valence-corrected chi connectivity index (χ4v) is 3.86. The van der Waals surface area contributed by atoms with Gasteiger partial charge in [0, 0.05) is 5.56 Å². The molecule has 3 aromatic carbocycles. The topological polar surface area (TPSA) is 49.9 Å². The summed E-state index contributed by atoms with van der Waals surface area (Å²) in [5.41, 5.74) is 0.433. The highest BCUT2D eigenvalue weighted by Crippen LogP contribution is 2.35. The molecule has 3 amide bonds. The first kappa shape index (κ1) is 20.1. The first-order valence-electron chi connectivity index (χ1n) is 9.71. The maximum atomic E-state index is 13.3. The maximum Gasteiger partial charge on any atom is 0.332 e. The third kappa shape index (κ3) is 3.57. The number of carbonyl (C=O) groups excluding carboxylic acids is 2. The summed E-state index contributed by atoms with van der Waals surface area (Å²) in [5.74, 6) is 1.13. The third-order valence-corrected chi connectivity index (χ3v) is 5.76. The Labute approximate surface area is 178 Å². The van der Waals surface area contributed by atoms with Crippen LogP contribution in [0.4, 0.5) is 10.5 Å². The molecule has 1 aliphatic rings. The summed E-state index contributed by atoms with van der Waals surface area (Å²) < 4.78 is 6.04. The number of carbonyl (C=O) groups is 2. The van der Waals surface area contributed by atoms with E-state index < -0.39 is 5.54 Å². The molecule has 0 aromatic heterocycles. The Hall–Kier alpha value is -3.17. The van der Waals surface area contributed by atoms with Crippen molar-refractivity contribution in [2.45, 2.75) is 25.9 Å². The predicted octanol–water partition coefficient (Wildman–Crippen LogP) is 4.73. The molecule has 1 atom stereocenters. The van der Waals surface area contributed by atoms with Gasteiger partial charge in [0.2, 0.25) is 0 Å². The van der Waals surface area contributed by atoms with E-state index in [1.807, 2.05) is 72.8 Å². The van der Waals surface area contributed by atoms with Crippen LogP contribution in [0.5, 0.6) is 11.5 Å². The van der Waals surface area contributed by atoms with Gasteiger partial charge in [-0.15, -0.1) is 9.24 Å². The number of hydrogen-bond donors (Lipinski definition) is 0. The Balaban J connectivity index is 1.66. The molecule has 0 aliphatic carbocycles. The number of urea groups is 1. The van der Waals surface area contributed by atoms with E-state index in [4.69, 9.17) is 4.74 Å². The van der Waals surface area contributed by atoms with Crippen molar-refractivity contribution in [2.75, 3.05) is 4.90 Å². The number of para-hydroxylation sites is 3. The lowest BCUT2D eigenvalue weighted by molar-refractivity contribution is -0.123. The van der Waals surface area contributed by atoms with Gasteiger partial charge in [-0.3, -0.25) is 4.79 Å². The molecule has 152 valence electrons. The average Bonchev–Trinajstić information content (AvgIpc) is 2.90. The van der Waals surface area contributed by atoms with E-state index in [0.29, 0.717) is 17.2 Å². The molecule has 4 rings (SSSR count). The standard InChI is InChI=1S/C24H23N2O3P/c1-24(2)22(27)26(19-13-7-9-15-21(19)30)23(28)25(24)16-17-10-6-8-14-20(17)29-18-11-4-3-5-12-18/h3-15H,16,30H2,1-2H3. The van der Waals surface area contributed by atoms with Gasteiger partial charge in [0.15, 0.2) is 0 Å². The van der Waals surface area contributed by atoms with Crippen LogP contribution in [0.15, 0.2) is 78.9 Å². The molecule has 1 fully saturated rings. The molecule has 0 saturated carbocycles. The number of rotatable bonds is 5. The number of imide groups is 1. The van der Waals surface area contributed by atoms with Crippen LogP contribution >= 0.6 is 9.24 Å². The molecule has 0 bridgehead atoms. The fourth-order valence-electron chi connectivity index (χ4n) is 3.52. The summed E-state index contributed by atoms with van der Waals surface area (Å²) in [6.45, 7) is 3.81. The van der Waals surface area contributed by atoms with Gasteiger partial charge in [0.1, 0.15) is 17.0 Å². The van der Waals surface area contributed by atoms with Crippen molar-refractivity contribution in [3.63, 3.8) is 0 Å². The van der Waals surface area contributed by atoms with E-state index in [9.17, 15) is 9.59 Å². The van der Waals surface area contributed by atoms with Crippen LogP contribution in [0.3, 0.4) is 0 Å². The van der Waals surface area contributed by atoms with Gasteiger partial charge < -0.3 is 9.64 Å². The van der Waals surface area contributed by atoms with Crippen LogP contribution in [0.25, 0.3) is 0 Å². The van der Waals surface area contributed by atoms with Crippen molar-refractivity contribution >= 4 is 32.2 Å². The lowest BCUT2D eigenvalue weighted by Crippen LogP contribution is -2.43. The summed E-state index contributed by atoms with van der Waals surface area (Å²) in [7, 11) is 2.59. The Morgan fingerprint density at radius 1 is 0.867 bits per heavy atom. The molecule has 1 heterocycles. The normalized spacial score (nSPS) is 15.6. The molecule has 0 N–H and O–H groups in total. The lowest BCUT2D eigenvalue weighted by atomic mass is 10.0. The largest absolute Gasteiger partial charge is 0.457 e. The number of nitrogens with zero attached hydrogens (tertiary/aromatic N) is 2. The quantitative estimate of drug-likeness (QED) is 0.445. The highest BCUT2D eigenvalue weighted by molar-refractivity contribution is 7.28. The molecule has 0 spiro atoms. The molecule has 1 saturated heterocycles. The van der Waals surface area contributed by atoms with Gasteiger partial charge in [-0.1, -0.05) is 54.6 Å². The van der Waals surface area contributed by atoms with Crippen molar-refractivity contribution in [3.8, 4) is 11.5 Å². The molecule has 30 heavy (non-hydrogen) atoms. The monoisotopic (exact) mass is 418 g/mol. The second-order valence-electron chi connectivity index (χ2n) is 7.65. The van der Waals surface area contributed by atoms with Crippen LogP contribution in [-0.2, 0) is 11.3 Å². The maximum absolute atomic E-state index is 13.3. The number of anilines is 1. The van der Waals surface area contributed by atoms with Crippen molar-refractivity contribution in [2.24, 2.45) is 0 Å². The molecule has 6 heteroatoms. The van der Waals surface area contributed by atoms with Crippen molar-refractivity contribution in [1.82, 2.24) is 4.90 Å². The van der Waals surface area contributed by atoms with Crippen LogP contribution in [0.2, 0.25) is 0 Å². The summed E-state index contributed by atoms with van der Waals surface area (Å²) in [4.78, 5) is 29.4. The average molecular weight is 418 g/mol. The van der Waals surface area contributed by atoms with E-state index in [1.54, 1.807) is 24.8 Å². The van der Waals surface area contributed by atoms with E-state index in [0.717, 1.165) is 10.9 Å². The summed E-state index contributed by atoms with van der Waals surface area (Å²) in [5, 5.41) is 0.796. The van der Waals surface area contributed by atoms with E-state index in [-0.39, 0.29) is 18.5 Å². The Morgan fingerprint density at radius 3 is 2.23 bits per heavy atom. The van der Waals surface area contributed by atoms with Crippen LogP contribution < -0.4 is 14.9 Å². The molecule has 1 unspecified atom stereocenters. The summed E-state index contributed by atoms with van der Waals surface area (Å²) in [6, 6.07) is 24.1. The summed E-state index contributed by atoms with van der Waals surface area (Å²) >= 11 is 0. The highest BCUT2D eigenvalue weighted by atomic mass is 31.0. The minimum absolute atomic E-state index is 0.246. The van der Waals surface area contributed by atoms with Gasteiger partial charge in [-0.25, -0.2) is 9.69 Å². The fraction of sp³-hybridized carbons (Fsp3) is 0.167. The first-order chi connectivity index (χ1) is 14.4. The third-order valence-electron chi connectivity index (χ3n) is 5.27. The predicted molar refractivity (Wildman–Crippen MR) is 121 cm³/mol. The molecular formula is C24H23N2O3P. The number of ether oxygens (including phenoxy) is 1. The number of hydrogen-bond acceptors (Lipinski definition) is 3. The molecule has 5 nitrogen and oxygen atoms in total. The smallest absolute Gasteiger partial charge is 0.332 e. The van der Waals surface area contributed by atoms with E-state index in [1.165, 1.54) is 4.90 Å². The lowest BCUT2D eigenvalue weighted by Gasteiger charge is -2.28. The van der Waals surface area contributed by atoms with Gasteiger partial charge in [-0.2, -0.15) is 0 Å². The van der Waals surface area contributed by atoms with E-state index in [2.05, 4.69) is 9.24 Å². The van der Waals surface area contributed by atoms with Gasteiger partial charge in [0.25, 0.3) is 5.91 Å². The van der Waals surface area contributed by atoms with Crippen molar-refractivity contribution in [1.29, 1.82) is 0 Å². The Morgan fingerprint density at radius 2 is 1.50 bits per heavy atom. The van der Waals surface area contributed by atoms with E-state index >= 15 is 0 Å². The van der Waals surface area contributed by atoms with Gasteiger partial charge in [0.05, 0.1) is 12.2 Å². The second kappa shape index (κ2) is 7.92. The minimum atomic E-state index is -0.982. The van der Waals surface area contributed by atoms with Crippen LogP contribution in [0, 0.1) is 0 Å². The number of benzene rings is 3. The zero-order chi connectivity index (χ0) is 21.3. The van der Waals surface area contributed by atoms with Gasteiger partial charge in [-0.05, 0) is 43.4 Å². The highest BCUT2D eigenvalue weighted by Gasteiger charge is 2.52. The first-order valence-corrected chi connectivity index (χ1v) is 10.3. The zero-order valence-electron chi connectivity index (χ0n) is 16.9. The molecule has 1 aliphatic heterocycles. The minimum Gasteiger partial charge on any atom is -0.457 e. The Kier molecular flexibility index (Phi) is 5.31. The molecule has 0 radical (unpaired) electrons. The second-order valence-corrected chi connectivity index (χ2v) is 8.27. The summed E-state index contributed by atoms with van der Waals surface area (Å²) in [6.07, 6.45) is 0. The zero-order valence-corrected chi connectivity index (χ0v) is 18.1. The van der Waals surface area contributed by atoms with Crippen LogP contribution in [0.1, 0.15) is 19.4 Å². The molecular weight excluding hydrogens is 395 g/mol. The van der Waals surface area contributed by atoms with Crippen LogP contribution in [-0.4, -0.2) is 22.4 Å².